The van der Waals surface area contributed by atoms with Gasteiger partial charge in [0, 0.05) is 32.6 Å². The Morgan fingerprint density at radius 2 is 1.95 bits per heavy atom. The number of fused-ring (bicyclic) bond motifs is 2. The van der Waals surface area contributed by atoms with Crippen LogP contribution in [0.3, 0.4) is 0 Å². The number of hydrogen-bond acceptors (Lipinski definition) is 3. The summed E-state index contributed by atoms with van der Waals surface area (Å²) < 4.78 is 0. The number of rotatable bonds is 3. The highest BCUT2D eigenvalue weighted by molar-refractivity contribution is 5.76. The number of carbonyl (C=O) groups is 1. The van der Waals surface area contributed by atoms with Gasteiger partial charge in [0.2, 0.25) is 5.91 Å². The van der Waals surface area contributed by atoms with Crippen LogP contribution in [-0.4, -0.2) is 48.4 Å². The lowest BCUT2D eigenvalue weighted by Gasteiger charge is -2.34. The Bertz CT molecular complexity index is 381. The number of hydrogen-bond donors (Lipinski definition) is 0. The van der Waals surface area contributed by atoms with E-state index in [0.717, 1.165) is 44.4 Å². The summed E-state index contributed by atoms with van der Waals surface area (Å²) in [5.41, 5.74) is 0. The van der Waals surface area contributed by atoms with Crippen LogP contribution in [0.5, 0.6) is 0 Å². The van der Waals surface area contributed by atoms with E-state index in [-0.39, 0.29) is 0 Å². The molecule has 0 aromatic carbocycles. The van der Waals surface area contributed by atoms with Crippen molar-refractivity contribution in [2.45, 2.75) is 32.1 Å². The van der Waals surface area contributed by atoms with Gasteiger partial charge in [-0.15, -0.1) is 0 Å². The van der Waals surface area contributed by atoms with Gasteiger partial charge in [-0.25, -0.2) is 0 Å². The van der Waals surface area contributed by atoms with Crippen LogP contribution in [-0.2, 0) is 4.79 Å². The third-order valence-electron chi connectivity index (χ3n) is 5.34. The molecule has 0 spiro atoms. The number of piperazine rings is 1. The second-order valence-electron chi connectivity index (χ2n) is 6.45. The predicted octanol–water partition coefficient (Wildman–Crippen LogP) is 1.48. The van der Waals surface area contributed by atoms with Gasteiger partial charge in [0.15, 0.2) is 0 Å². The molecule has 1 saturated heterocycles. The maximum Gasteiger partial charge on any atom is 0.222 e. The molecular weight excluding hydrogens is 238 g/mol. The smallest absolute Gasteiger partial charge is 0.222 e. The van der Waals surface area contributed by atoms with Gasteiger partial charge in [0.05, 0.1) is 12.6 Å². The third kappa shape index (κ3) is 2.76. The summed E-state index contributed by atoms with van der Waals surface area (Å²) in [7, 11) is 0. The fraction of sp³-hybridized carbons (Fsp3) is 0.867. The van der Waals surface area contributed by atoms with E-state index >= 15 is 0 Å². The fourth-order valence-corrected chi connectivity index (χ4v) is 4.24. The van der Waals surface area contributed by atoms with Crippen LogP contribution < -0.4 is 0 Å². The average Bonchev–Trinajstić information content (AvgIpc) is 3.02. The normalized spacial score (nSPS) is 34.5. The molecule has 3 aliphatic rings. The summed E-state index contributed by atoms with van der Waals surface area (Å²) >= 11 is 0. The van der Waals surface area contributed by atoms with E-state index in [1.54, 1.807) is 0 Å². The van der Waals surface area contributed by atoms with Crippen molar-refractivity contribution in [2.75, 3.05) is 32.7 Å². The topological polar surface area (TPSA) is 47.3 Å². The van der Waals surface area contributed by atoms with Crippen LogP contribution in [0.25, 0.3) is 0 Å². The van der Waals surface area contributed by atoms with Crippen molar-refractivity contribution in [2.24, 2.45) is 17.8 Å². The standard InChI is InChI=1S/C15H23N3O/c16-3-4-17-5-7-18(8-6-17)15(19)11-14-10-12-1-2-13(14)9-12/h12-14H,1-2,4-11H2. The van der Waals surface area contributed by atoms with Gasteiger partial charge in [-0.3, -0.25) is 9.69 Å². The Morgan fingerprint density at radius 1 is 1.16 bits per heavy atom. The molecule has 0 N–H and O–H groups in total. The molecule has 3 rings (SSSR count). The quantitative estimate of drug-likeness (QED) is 0.723. The van der Waals surface area contributed by atoms with E-state index in [1.165, 1.54) is 25.7 Å². The largest absolute Gasteiger partial charge is 0.340 e. The molecular formula is C15H23N3O. The molecule has 0 aromatic heterocycles. The van der Waals surface area contributed by atoms with E-state index in [4.69, 9.17) is 5.26 Å². The zero-order valence-electron chi connectivity index (χ0n) is 11.6. The number of amides is 1. The zero-order valence-corrected chi connectivity index (χ0v) is 11.6. The van der Waals surface area contributed by atoms with Crippen molar-refractivity contribution in [3.8, 4) is 6.07 Å². The lowest BCUT2D eigenvalue weighted by Crippen LogP contribution is -2.49. The Hall–Kier alpha value is -1.08. The first kappa shape index (κ1) is 12.9. The van der Waals surface area contributed by atoms with Gasteiger partial charge >= 0.3 is 0 Å². The molecule has 0 aromatic rings. The maximum absolute atomic E-state index is 12.3. The third-order valence-corrected chi connectivity index (χ3v) is 5.34. The summed E-state index contributed by atoms with van der Waals surface area (Å²) in [6.07, 6.45) is 6.22. The maximum atomic E-state index is 12.3. The molecule has 0 radical (unpaired) electrons. The van der Waals surface area contributed by atoms with E-state index < -0.39 is 0 Å². The van der Waals surface area contributed by atoms with E-state index in [2.05, 4.69) is 11.0 Å². The van der Waals surface area contributed by atoms with E-state index in [1.807, 2.05) is 4.90 Å². The van der Waals surface area contributed by atoms with Gasteiger partial charge in [0.1, 0.15) is 0 Å². The van der Waals surface area contributed by atoms with Crippen LogP contribution in [0.15, 0.2) is 0 Å². The van der Waals surface area contributed by atoms with Crippen molar-refractivity contribution in [1.82, 2.24) is 9.80 Å². The van der Waals surface area contributed by atoms with Crippen molar-refractivity contribution >= 4 is 5.91 Å². The molecule has 1 aliphatic heterocycles. The molecule has 3 unspecified atom stereocenters. The first-order chi connectivity index (χ1) is 9.26. The Morgan fingerprint density at radius 3 is 2.53 bits per heavy atom. The molecule has 3 fully saturated rings. The molecule has 104 valence electrons. The minimum absolute atomic E-state index is 0.356. The highest BCUT2D eigenvalue weighted by Gasteiger charge is 2.40. The molecule has 1 amide bonds. The van der Waals surface area contributed by atoms with Crippen LogP contribution in [0.1, 0.15) is 32.1 Å². The van der Waals surface area contributed by atoms with Crippen molar-refractivity contribution in [1.29, 1.82) is 5.26 Å². The monoisotopic (exact) mass is 261 g/mol. The molecule has 2 saturated carbocycles. The molecule has 2 aliphatic carbocycles. The van der Waals surface area contributed by atoms with Crippen LogP contribution in [0.4, 0.5) is 0 Å². The summed E-state index contributed by atoms with van der Waals surface area (Å²) in [6.45, 7) is 3.82. The summed E-state index contributed by atoms with van der Waals surface area (Å²) in [6, 6.07) is 2.18. The average molecular weight is 261 g/mol. The Balaban J connectivity index is 1.45. The second kappa shape index (κ2) is 5.50. The van der Waals surface area contributed by atoms with E-state index in [9.17, 15) is 4.79 Å². The fourth-order valence-electron chi connectivity index (χ4n) is 4.24. The highest BCUT2D eigenvalue weighted by atomic mass is 16.2. The summed E-state index contributed by atoms with van der Waals surface area (Å²) in [5, 5.41) is 8.67. The van der Waals surface area contributed by atoms with Gasteiger partial charge in [-0.2, -0.15) is 5.26 Å². The first-order valence-corrected chi connectivity index (χ1v) is 7.63. The Kier molecular flexibility index (Phi) is 3.74. The lowest BCUT2D eigenvalue weighted by molar-refractivity contribution is -0.134. The Labute approximate surface area is 115 Å². The minimum atomic E-state index is 0.356. The SMILES string of the molecule is N#CCN1CCN(C(=O)CC2CC3CCC2C3)CC1. The van der Waals surface area contributed by atoms with Gasteiger partial charge in [-0.05, 0) is 37.0 Å². The summed E-state index contributed by atoms with van der Waals surface area (Å²) in [4.78, 5) is 16.5. The summed E-state index contributed by atoms with van der Waals surface area (Å²) in [5.74, 6) is 2.79. The highest BCUT2D eigenvalue weighted by Crippen LogP contribution is 2.49. The first-order valence-electron chi connectivity index (χ1n) is 7.63. The molecule has 1 heterocycles. The molecule has 3 atom stereocenters. The van der Waals surface area contributed by atoms with Crippen LogP contribution in [0.2, 0.25) is 0 Å². The van der Waals surface area contributed by atoms with Gasteiger partial charge in [0.25, 0.3) is 0 Å². The second-order valence-corrected chi connectivity index (χ2v) is 6.45. The predicted molar refractivity (Wildman–Crippen MR) is 72.2 cm³/mol. The number of carbonyl (C=O) groups excluding carboxylic acids is 1. The van der Waals surface area contributed by atoms with Crippen LogP contribution >= 0.6 is 0 Å². The molecule has 4 heteroatoms. The number of nitrogens with zero attached hydrogens (tertiary/aromatic N) is 3. The zero-order chi connectivity index (χ0) is 13.2. The van der Waals surface area contributed by atoms with Gasteiger partial charge in [-0.1, -0.05) is 6.42 Å². The lowest BCUT2D eigenvalue weighted by atomic mass is 9.86. The van der Waals surface area contributed by atoms with Gasteiger partial charge < -0.3 is 4.90 Å². The molecule has 4 nitrogen and oxygen atoms in total. The van der Waals surface area contributed by atoms with E-state index in [0.29, 0.717) is 18.4 Å². The van der Waals surface area contributed by atoms with Crippen molar-refractivity contribution in [3.05, 3.63) is 0 Å². The minimum Gasteiger partial charge on any atom is -0.340 e. The van der Waals surface area contributed by atoms with Crippen LogP contribution in [0, 0.1) is 29.1 Å². The number of nitriles is 1. The van der Waals surface area contributed by atoms with Crippen molar-refractivity contribution in [3.63, 3.8) is 0 Å². The molecule has 19 heavy (non-hydrogen) atoms. The molecule has 2 bridgehead atoms. The van der Waals surface area contributed by atoms with Crippen molar-refractivity contribution < 1.29 is 4.79 Å².